The Morgan fingerprint density at radius 3 is 1.89 bits per heavy atom. The number of aromatic nitrogens is 2. The molecular formula is C18H16N2O6S. The maximum atomic E-state index is 12.7. The Labute approximate surface area is 155 Å². The van der Waals surface area contributed by atoms with Gasteiger partial charge in [0.05, 0.1) is 19.1 Å². The van der Waals surface area contributed by atoms with Crippen LogP contribution < -0.4 is 15.2 Å². The van der Waals surface area contributed by atoms with Gasteiger partial charge in [-0.05, 0) is 48.5 Å². The number of methoxy groups -OCH3 is 2. The molecule has 0 spiro atoms. The maximum absolute atomic E-state index is 12.7. The third-order valence-corrected chi connectivity index (χ3v) is 5.58. The third kappa shape index (κ3) is 3.36. The molecule has 0 bridgehead atoms. The average molecular weight is 388 g/mol. The highest BCUT2D eigenvalue weighted by molar-refractivity contribution is 7.90. The fourth-order valence-corrected chi connectivity index (χ4v) is 3.65. The molecule has 0 unspecified atom stereocenters. The number of hydrogen-bond donors (Lipinski definition) is 0. The van der Waals surface area contributed by atoms with E-state index in [0.29, 0.717) is 15.5 Å². The van der Waals surface area contributed by atoms with Crippen LogP contribution in [-0.2, 0) is 10.0 Å². The van der Waals surface area contributed by atoms with Crippen molar-refractivity contribution >= 4 is 15.9 Å². The summed E-state index contributed by atoms with van der Waals surface area (Å²) in [6.07, 6.45) is 2.17. The molecular weight excluding hydrogens is 372 g/mol. The molecule has 9 heteroatoms. The lowest BCUT2D eigenvalue weighted by Gasteiger charge is -2.06. The van der Waals surface area contributed by atoms with E-state index in [1.54, 1.807) is 12.1 Å². The second-order valence-corrected chi connectivity index (χ2v) is 7.28. The van der Waals surface area contributed by atoms with E-state index in [-0.39, 0.29) is 10.5 Å². The second-order valence-electron chi connectivity index (χ2n) is 5.46. The largest absolute Gasteiger partial charge is 0.497 e. The molecule has 0 fully saturated rings. The van der Waals surface area contributed by atoms with Crippen molar-refractivity contribution in [3.05, 3.63) is 77.0 Å². The van der Waals surface area contributed by atoms with E-state index in [1.807, 2.05) is 0 Å². The zero-order valence-corrected chi connectivity index (χ0v) is 15.3. The van der Waals surface area contributed by atoms with Crippen LogP contribution in [0.4, 0.5) is 0 Å². The Hall–Kier alpha value is -3.33. The number of carbonyl (C=O) groups is 1. The first-order chi connectivity index (χ1) is 12.9. The van der Waals surface area contributed by atoms with E-state index in [0.717, 1.165) is 17.0 Å². The van der Waals surface area contributed by atoms with E-state index in [1.165, 1.54) is 50.6 Å². The first kappa shape index (κ1) is 18.5. The van der Waals surface area contributed by atoms with Crippen LogP contribution in [0.5, 0.6) is 11.5 Å². The van der Waals surface area contributed by atoms with Gasteiger partial charge in [0.1, 0.15) is 11.5 Å². The average Bonchev–Trinajstić information content (AvgIpc) is 3.09. The van der Waals surface area contributed by atoms with Crippen LogP contribution in [-0.4, -0.2) is 37.1 Å². The molecule has 3 rings (SSSR count). The number of rotatable bonds is 5. The summed E-state index contributed by atoms with van der Waals surface area (Å²) in [5.74, 6) is 0.387. The fraction of sp³-hybridized carbons (Fsp3) is 0.111. The van der Waals surface area contributed by atoms with Crippen molar-refractivity contribution in [3.8, 4) is 11.5 Å². The SMILES string of the molecule is COc1ccc(C(=O)n2ccn(S(=O)(=O)c3ccc(OC)cc3)c2=O)cc1. The van der Waals surface area contributed by atoms with E-state index >= 15 is 0 Å². The lowest BCUT2D eigenvalue weighted by atomic mass is 10.2. The minimum atomic E-state index is -4.14. The summed E-state index contributed by atoms with van der Waals surface area (Å²) in [5.41, 5.74) is -0.760. The number of carbonyl (C=O) groups excluding carboxylic acids is 1. The highest BCUT2D eigenvalue weighted by atomic mass is 32.2. The van der Waals surface area contributed by atoms with Crippen LogP contribution in [0, 0.1) is 0 Å². The number of benzene rings is 2. The van der Waals surface area contributed by atoms with Crippen molar-refractivity contribution in [2.75, 3.05) is 14.2 Å². The highest BCUT2D eigenvalue weighted by Crippen LogP contribution is 2.17. The highest BCUT2D eigenvalue weighted by Gasteiger charge is 2.23. The van der Waals surface area contributed by atoms with E-state index in [9.17, 15) is 18.0 Å². The van der Waals surface area contributed by atoms with Crippen molar-refractivity contribution in [1.82, 2.24) is 8.54 Å². The van der Waals surface area contributed by atoms with Gasteiger partial charge in [-0.15, -0.1) is 0 Å². The van der Waals surface area contributed by atoms with Gasteiger partial charge in [0.25, 0.3) is 15.9 Å². The van der Waals surface area contributed by atoms with Crippen LogP contribution in [0.15, 0.2) is 70.6 Å². The zero-order chi connectivity index (χ0) is 19.6. The van der Waals surface area contributed by atoms with Crippen LogP contribution in [0.25, 0.3) is 0 Å². The van der Waals surface area contributed by atoms with Gasteiger partial charge >= 0.3 is 5.69 Å². The van der Waals surface area contributed by atoms with E-state index in [2.05, 4.69) is 0 Å². The number of hydrogen-bond acceptors (Lipinski definition) is 6. The van der Waals surface area contributed by atoms with Crippen molar-refractivity contribution in [3.63, 3.8) is 0 Å². The lowest BCUT2D eigenvalue weighted by Crippen LogP contribution is -2.32. The molecule has 0 amide bonds. The quantitative estimate of drug-likeness (QED) is 0.659. The summed E-state index contributed by atoms with van der Waals surface area (Å²) in [6.45, 7) is 0. The van der Waals surface area contributed by atoms with Gasteiger partial charge in [-0.3, -0.25) is 4.79 Å². The predicted octanol–water partition coefficient (Wildman–Crippen LogP) is 1.59. The fourth-order valence-electron chi connectivity index (χ4n) is 2.43. The van der Waals surface area contributed by atoms with Crippen LogP contribution >= 0.6 is 0 Å². The smallest absolute Gasteiger partial charge is 0.349 e. The van der Waals surface area contributed by atoms with Gasteiger partial charge in [-0.25, -0.2) is 17.8 Å². The Morgan fingerprint density at radius 2 is 1.37 bits per heavy atom. The van der Waals surface area contributed by atoms with Crippen molar-refractivity contribution in [1.29, 1.82) is 0 Å². The molecule has 0 aliphatic heterocycles. The Balaban J connectivity index is 1.98. The molecule has 27 heavy (non-hydrogen) atoms. The molecule has 0 aliphatic carbocycles. The number of nitrogens with zero attached hydrogens (tertiary/aromatic N) is 2. The van der Waals surface area contributed by atoms with Crippen LogP contribution in [0.1, 0.15) is 10.4 Å². The molecule has 140 valence electrons. The number of ether oxygens (including phenoxy) is 2. The summed E-state index contributed by atoms with van der Waals surface area (Å²) < 4.78 is 36.7. The van der Waals surface area contributed by atoms with Gasteiger partial charge in [0.2, 0.25) is 0 Å². The lowest BCUT2D eigenvalue weighted by molar-refractivity contribution is 0.0956. The molecule has 0 N–H and O–H groups in total. The van der Waals surface area contributed by atoms with Gasteiger partial charge in [0, 0.05) is 18.0 Å². The maximum Gasteiger partial charge on any atom is 0.349 e. The summed E-state index contributed by atoms with van der Waals surface area (Å²) in [4.78, 5) is 25.0. The normalized spacial score (nSPS) is 11.2. The van der Waals surface area contributed by atoms with E-state index in [4.69, 9.17) is 9.47 Å². The minimum absolute atomic E-state index is 0.0972. The second kappa shape index (κ2) is 7.12. The predicted molar refractivity (Wildman–Crippen MR) is 97.0 cm³/mol. The molecule has 0 atom stereocenters. The van der Waals surface area contributed by atoms with Crippen LogP contribution in [0.3, 0.4) is 0 Å². The molecule has 0 saturated carbocycles. The van der Waals surface area contributed by atoms with Gasteiger partial charge in [-0.1, -0.05) is 0 Å². The van der Waals surface area contributed by atoms with Crippen LogP contribution in [0.2, 0.25) is 0 Å². The molecule has 1 aromatic heterocycles. The van der Waals surface area contributed by atoms with Gasteiger partial charge in [0.15, 0.2) is 0 Å². The molecule has 3 aromatic rings. The minimum Gasteiger partial charge on any atom is -0.497 e. The topological polar surface area (TPSA) is 96.6 Å². The van der Waals surface area contributed by atoms with Gasteiger partial charge in [-0.2, -0.15) is 3.97 Å². The van der Waals surface area contributed by atoms with Gasteiger partial charge < -0.3 is 9.47 Å². The Kier molecular flexibility index (Phi) is 4.87. The Morgan fingerprint density at radius 1 is 0.852 bits per heavy atom. The zero-order valence-electron chi connectivity index (χ0n) is 14.5. The molecule has 8 nitrogen and oxygen atoms in total. The summed E-state index contributed by atoms with van der Waals surface area (Å²) in [7, 11) is -1.20. The molecule has 0 saturated heterocycles. The first-order valence-corrected chi connectivity index (χ1v) is 9.21. The number of imidazole rings is 1. The summed E-state index contributed by atoms with van der Waals surface area (Å²) in [6, 6.07) is 11.7. The van der Waals surface area contributed by atoms with Crippen molar-refractivity contribution in [2.24, 2.45) is 0 Å². The monoisotopic (exact) mass is 388 g/mol. The summed E-state index contributed by atoms with van der Waals surface area (Å²) >= 11 is 0. The standard InChI is InChI=1S/C18H16N2O6S/c1-25-14-5-3-13(4-6-14)17(21)19-11-12-20(18(19)22)27(23,24)16-9-7-15(26-2)8-10-16/h3-12H,1-2H3. The summed E-state index contributed by atoms with van der Waals surface area (Å²) in [5, 5.41) is 0. The molecule has 1 heterocycles. The molecule has 0 radical (unpaired) electrons. The molecule has 0 aliphatic rings. The third-order valence-electron chi connectivity index (χ3n) is 3.92. The first-order valence-electron chi connectivity index (χ1n) is 7.77. The molecule has 2 aromatic carbocycles. The van der Waals surface area contributed by atoms with Crippen molar-refractivity contribution in [2.45, 2.75) is 4.90 Å². The Bertz CT molecular complexity index is 1130. The van der Waals surface area contributed by atoms with Crippen molar-refractivity contribution < 1.29 is 22.7 Å². The van der Waals surface area contributed by atoms with E-state index < -0.39 is 21.6 Å².